The van der Waals surface area contributed by atoms with E-state index >= 15 is 0 Å². The SMILES string of the molecule is NCC(CC(=O)O)c1ccc2cccc(Cl)c2n1. The van der Waals surface area contributed by atoms with E-state index in [1.54, 1.807) is 12.1 Å². The molecule has 0 aliphatic carbocycles. The zero-order chi connectivity index (χ0) is 13.1. The average Bonchev–Trinajstić information content (AvgIpc) is 2.36. The molecule has 3 N–H and O–H groups in total. The minimum atomic E-state index is -0.883. The van der Waals surface area contributed by atoms with Crippen LogP contribution in [0.3, 0.4) is 0 Å². The molecule has 1 aromatic heterocycles. The van der Waals surface area contributed by atoms with Crippen LogP contribution in [0.2, 0.25) is 5.02 Å². The van der Waals surface area contributed by atoms with Crippen LogP contribution < -0.4 is 5.73 Å². The summed E-state index contributed by atoms with van der Waals surface area (Å²) in [6.45, 7) is 0.245. The standard InChI is InChI=1S/C13H13ClN2O2/c14-10-3-1-2-8-4-5-11(16-13(8)10)9(7-15)6-12(17)18/h1-5,9H,6-7,15H2,(H,17,18). The second-order valence-corrected chi connectivity index (χ2v) is 4.49. The van der Waals surface area contributed by atoms with Crippen molar-refractivity contribution in [3.05, 3.63) is 41.0 Å². The number of rotatable bonds is 4. The molecule has 0 amide bonds. The lowest BCUT2D eigenvalue weighted by Crippen LogP contribution is -2.17. The van der Waals surface area contributed by atoms with Crippen molar-refractivity contribution in [3.8, 4) is 0 Å². The van der Waals surface area contributed by atoms with Crippen LogP contribution in [0.4, 0.5) is 0 Å². The molecule has 0 saturated heterocycles. The Bertz CT molecular complexity index is 586. The van der Waals surface area contributed by atoms with Crippen molar-refractivity contribution in [2.75, 3.05) is 6.54 Å². The second kappa shape index (κ2) is 5.33. The van der Waals surface area contributed by atoms with E-state index in [4.69, 9.17) is 22.4 Å². The molecular formula is C13H13ClN2O2. The number of hydrogen-bond donors (Lipinski definition) is 2. The van der Waals surface area contributed by atoms with E-state index in [-0.39, 0.29) is 18.9 Å². The molecule has 1 atom stereocenters. The number of para-hydroxylation sites is 1. The minimum Gasteiger partial charge on any atom is -0.481 e. The van der Waals surface area contributed by atoms with Crippen LogP contribution in [0.25, 0.3) is 10.9 Å². The van der Waals surface area contributed by atoms with Crippen molar-refractivity contribution in [1.29, 1.82) is 0 Å². The van der Waals surface area contributed by atoms with E-state index in [1.165, 1.54) is 0 Å². The molecule has 2 aromatic rings. The number of halogens is 1. The largest absolute Gasteiger partial charge is 0.481 e. The van der Waals surface area contributed by atoms with Gasteiger partial charge in [0.2, 0.25) is 0 Å². The Hall–Kier alpha value is -1.65. The lowest BCUT2D eigenvalue weighted by Gasteiger charge is -2.12. The van der Waals surface area contributed by atoms with Gasteiger partial charge in [-0.15, -0.1) is 0 Å². The zero-order valence-electron chi connectivity index (χ0n) is 9.64. The minimum absolute atomic E-state index is 0.0283. The van der Waals surface area contributed by atoms with Gasteiger partial charge in [-0.2, -0.15) is 0 Å². The van der Waals surface area contributed by atoms with Gasteiger partial charge in [-0.1, -0.05) is 29.8 Å². The van der Waals surface area contributed by atoms with Crippen LogP contribution in [0.15, 0.2) is 30.3 Å². The maximum atomic E-state index is 10.8. The fraction of sp³-hybridized carbons (Fsp3) is 0.231. The predicted octanol–water partition coefficient (Wildman–Crippen LogP) is 2.41. The lowest BCUT2D eigenvalue weighted by molar-refractivity contribution is -0.137. The first-order valence-electron chi connectivity index (χ1n) is 5.59. The van der Waals surface area contributed by atoms with Crippen LogP contribution in [0, 0.1) is 0 Å². The Morgan fingerprint density at radius 1 is 1.39 bits per heavy atom. The number of nitrogens with two attached hydrogens (primary N) is 1. The van der Waals surface area contributed by atoms with Crippen molar-refractivity contribution in [2.45, 2.75) is 12.3 Å². The lowest BCUT2D eigenvalue weighted by atomic mass is 10.0. The number of carboxylic acids is 1. The number of benzene rings is 1. The van der Waals surface area contributed by atoms with E-state index in [9.17, 15) is 4.79 Å². The molecule has 0 spiro atoms. The average molecular weight is 265 g/mol. The molecule has 0 fully saturated rings. The van der Waals surface area contributed by atoms with Gasteiger partial charge in [0.15, 0.2) is 0 Å². The summed E-state index contributed by atoms with van der Waals surface area (Å²) < 4.78 is 0. The highest BCUT2D eigenvalue weighted by atomic mass is 35.5. The Balaban J connectivity index is 2.45. The molecule has 0 aliphatic heterocycles. The van der Waals surface area contributed by atoms with Gasteiger partial charge in [0, 0.05) is 23.5 Å². The second-order valence-electron chi connectivity index (χ2n) is 4.08. The first-order valence-corrected chi connectivity index (χ1v) is 5.96. The molecule has 1 heterocycles. The molecule has 1 aromatic carbocycles. The summed E-state index contributed by atoms with van der Waals surface area (Å²) in [5, 5.41) is 10.3. The molecule has 18 heavy (non-hydrogen) atoms. The first-order chi connectivity index (χ1) is 8.61. The Kier molecular flexibility index (Phi) is 3.79. The number of pyridine rings is 1. The number of aromatic nitrogens is 1. The van der Waals surface area contributed by atoms with Gasteiger partial charge in [-0.05, 0) is 12.1 Å². The number of carboxylic acid groups (broad SMARTS) is 1. The third-order valence-electron chi connectivity index (χ3n) is 2.82. The van der Waals surface area contributed by atoms with E-state index < -0.39 is 5.97 Å². The molecular weight excluding hydrogens is 252 g/mol. The van der Waals surface area contributed by atoms with Crippen LogP contribution >= 0.6 is 11.6 Å². The van der Waals surface area contributed by atoms with Gasteiger partial charge in [0.25, 0.3) is 0 Å². The summed E-state index contributed by atoms with van der Waals surface area (Å²) in [6, 6.07) is 9.21. The highest BCUT2D eigenvalue weighted by Crippen LogP contribution is 2.25. The smallest absolute Gasteiger partial charge is 0.304 e. The van der Waals surface area contributed by atoms with E-state index in [0.29, 0.717) is 16.2 Å². The van der Waals surface area contributed by atoms with Crippen LogP contribution in [0.1, 0.15) is 18.0 Å². The summed E-state index contributed by atoms with van der Waals surface area (Å²) >= 11 is 6.07. The van der Waals surface area contributed by atoms with Gasteiger partial charge in [-0.25, -0.2) is 0 Å². The van der Waals surface area contributed by atoms with Gasteiger partial charge in [-0.3, -0.25) is 9.78 Å². The van der Waals surface area contributed by atoms with Crippen molar-refractivity contribution in [2.24, 2.45) is 5.73 Å². The topological polar surface area (TPSA) is 76.2 Å². The van der Waals surface area contributed by atoms with Crippen LogP contribution in [-0.2, 0) is 4.79 Å². The molecule has 2 rings (SSSR count). The summed E-state index contributed by atoms with van der Waals surface area (Å²) in [6.07, 6.45) is -0.0283. The number of nitrogens with zero attached hydrogens (tertiary/aromatic N) is 1. The third-order valence-corrected chi connectivity index (χ3v) is 3.12. The predicted molar refractivity (Wildman–Crippen MR) is 70.8 cm³/mol. The molecule has 4 nitrogen and oxygen atoms in total. The van der Waals surface area contributed by atoms with Crippen LogP contribution in [0.5, 0.6) is 0 Å². The highest BCUT2D eigenvalue weighted by molar-refractivity contribution is 6.35. The van der Waals surface area contributed by atoms with Gasteiger partial charge >= 0.3 is 5.97 Å². The van der Waals surface area contributed by atoms with E-state index in [2.05, 4.69) is 4.98 Å². The normalized spacial score (nSPS) is 12.6. The molecule has 0 saturated carbocycles. The maximum absolute atomic E-state index is 10.8. The monoisotopic (exact) mass is 264 g/mol. The Labute approximate surface area is 109 Å². The molecule has 1 unspecified atom stereocenters. The van der Waals surface area contributed by atoms with E-state index in [1.807, 2.05) is 18.2 Å². The molecule has 94 valence electrons. The molecule has 0 bridgehead atoms. The van der Waals surface area contributed by atoms with Gasteiger partial charge < -0.3 is 10.8 Å². The Morgan fingerprint density at radius 2 is 2.17 bits per heavy atom. The number of fused-ring (bicyclic) bond motifs is 1. The summed E-state index contributed by atoms with van der Waals surface area (Å²) in [5.74, 6) is -1.17. The molecule has 0 aliphatic rings. The number of hydrogen-bond acceptors (Lipinski definition) is 3. The van der Waals surface area contributed by atoms with Crippen LogP contribution in [-0.4, -0.2) is 22.6 Å². The fourth-order valence-corrected chi connectivity index (χ4v) is 2.10. The first kappa shape index (κ1) is 12.8. The highest BCUT2D eigenvalue weighted by Gasteiger charge is 2.16. The third kappa shape index (κ3) is 2.60. The molecule has 5 heteroatoms. The Morgan fingerprint density at radius 3 is 2.83 bits per heavy atom. The summed E-state index contributed by atoms with van der Waals surface area (Å²) in [7, 11) is 0. The molecule has 0 radical (unpaired) electrons. The fourth-order valence-electron chi connectivity index (χ4n) is 1.87. The van der Waals surface area contributed by atoms with E-state index in [0.717, 1.165) is 5.39 Å². The van der Waals surface area contributed by atoms with Gasteiger partial charge in [0.05, 0.1) is 17.0 Å². The van der Waals surface area contributed by atoms with Crippen molar-refractivity contribution < 1.29 is 9.90 Å². The van der Waals surface area contributed by atoms with Crippen molar-refractivity contribution in [3.63, 3.8) is 0 Å². The maximum Gasteiger partial charge on any atom is 0.304 e. The number of carbonyl (C=O) groups is 1. The zero-order valence-corrected chi connectivity index (χ0v) is 10.4. The summed E-state index contributed by atoms with van der Waals surface area (Å²) in [5.41, 5.74) is 6.95. The van der Waals surface area contributed by atoms with Crippen molar-refractivity contribution >= 4 is 28.5 Å². The number of aliphatic carboxylic acids is 1. The van der Waals surface area contributed by atoms with Crippen molar-refractivity contribution in [1.82, 2.24) is 4.98 Å². The quantitative estimate of drug-likeness (QED) is 0.889. The summed E-state index contributed by atoms with van der Waals surface area (Å²) in [4.78, 5) is 15.2. The van der Waals surface area contributed by atoms with Gasteiger partial charge in [0.1, 0.15) is 0 Å².